The molecule has 28 heavy (non-hydrogen) atoms. The molecular formula is C22H26FNO4. The second kappa shape index (κ2) is 8.09. The predicted molar refractivity (Wildman–Crippen MR) is 104 cm³/mol. The van der Waals surface area contributed by atoms with Crippen molar-refractivity contribution in [1.82, 2.24) is 4.90 Å². The van der Waals surface area contributed by atoms with Crippen LogP contribution < -0.4 is 9.47 Å². The number of ether oxygens (including phenoxy) is 3. The normalized spacial score (nSPS) is 13.7. The quantitative estimate of drug-likeness (QED) is 0.763. The summed E-state index contributed by atoms with van der Waals surface area (Å²) in [5, 5.41) is 0. The Morgan fingerprint density at radius 1 is 1.14 bits per heavy atom. The molecule has 2 aromatic rings. The Labute approximate surface area is 165 Å². The number of carbonyl (C=O) groups excluding carboxylic acids is 1. The van der Waals surface area contributed by atoms with E-state index in [4.69, 9.17) is 14.2 Å². The number of fused-ring (bicyclic) bond motifs is 1. The number of amides is 1. The fraction of sp³-hybridized carbons (Fsp3) is 0.409. The summed E-state index contributed by atoms with van der Waals surface area (Å²) in [7, 11) is 1.54. The van der Waals surface area contributed by atoms with Crippen LogP contribution in [0.2, 0.25) is 0 Å². The van der Waals surface area contributed by atoms with Gasteiger partial charge in [0.05, 0.1) is 7.11 Å². The molecule has 1 aliphatic rings. The van der Waals surface area contributed by atoms with Gasteiger partial charge in [-0.05, 0) is 68.7 Å². The van der Waals surface area contributed by atoms with Gasteiger partial charge >= 0.3 is 6.09 Å². The summed E-state index contributed by atoms with van der Waals surface area (Å²) in [6.07, 6.45) is 0.459. The lowest BCUT2D eigenvalue weighted by atomic mass is 10.00. The van der Waals surface area contributed by atoms with Crippen LogP contribution in [-0.4, -0.2) is 30.2 Å². The largest absolute Gasteiger partial charge is 0.496 e. The number of halogens is 1. The van der Waals surface area contributed by atoms with Crippen molar-refractivity contribution >= 4 is 6.09 Å². The zero-order valence-corrected chi connectivity index (χ0v) is 16.8. The highest BCUT2D eigenvalue weighted by molar-refractivity contribution is 5.68. The molecule has 0 aromatic heterocycles. The monoisotopic (exact) mass is 387 g/mol. The second-order valence-electron chi connectivity index (χ2n) is 7.83. The molecule has 3 rings (SSSR count). The molecule has 0 aliphatic carbocycles. The zero-order chi connectivity index (χ0) is 20.3. The lowest BCUT2D eigenvalue weighted by molar-refractivity contribution is 0.0223. The maximum absolute atomic E-state index is 13.5. The molecular weight excluding hydrogens is 361 g/mol. The summed E-state index contributed by atoms with van der Waals surface area (Å²) in [6, 6.07) is 10.2. The van der Waals surface area contributed by atoms with Crippen LogP contribution in [-0.2, 0) is 24.3 Å². The molecule has 0 saturated carbocycles. The lowest BCUT2D eigenvalue weighted by Crippen LogP contribution is -2.39. The van der Waals surface area contributed by atoms with Crippen molar-refractivity contribution in [2.75, 3.05) is 13.7 Å². The molecule has 0 spiro atoms. The van der Waals surface area contributed by atoms with Gasteiger partial charge in [-0.1, -0.05) is 6.07 Å². The van der Waals surface area contributed by atoms with E-state index < -0.39 is 5.60 Å². The Hall–Kier alpha value is -2.76. The van der Waals surface area contributed by atoms with Crippen molar-refractivity contribution in [3.05, 3.63) is 58.9 Å². The highest BCUT2D eigenvalue weighted by Crippen LogP contribution is 2.27. The fourth-order valence-electron chi connectivity index (χ4n) is 3.13. The summed E-state index contributed by atoms with van der Waals surface area (Å²) in [5.74, 6) is 0.907. The number of hydrogen-bond acceptors (Lipinski definition) is 4. The molecule has 0 atom stereocenters. The second-order valence-corrected chi connectivity index (χ2v) is 7.83. The van der Waals surface area contributed by atoms with Crippen LogP contribution >= 0.6 is 0 Å². The van der Waals surface area contributed by atoms with Crippen molar-refractivity contribution in [3.63, 3.8) is 0 Å². The van der Waals surface area contributed by atoms with E-state index in [2.05, 4.69) is 0 Å². The number of benzene rings is 2. The van der Waals surface area contributed by atoms with E-state index in [-0.39, 0.29) is 18.5 Å². The fourth-order valence-corrected chi connectivity index (χ4v) is 3.13. The third kappa shape index (κ3) is 4.94. The molecule has 2 aromatic carbocycles. The summed E-state index contributed by atoms with van der Waals surface area (Å²) < 4.78 is 30.1. The Bertz CT molecular complexity index is 860. The van der Waals surface area contributed by atoms with E-state index in [1.807, 2.05) is 39.0 Å². The van der Waals surface area contributed by atoms with Gasteiger partial charge in [0.15, 0.2) is 0 Å². The van der Waals surface area contributed by atoms with Gasteiger partial charge in [0, 0.05) is 18.7 Å². The Balaban J connectivity index is 1.69. The van der Waals surface area contributed by atoms with Gasteiger partial charge in [0.2, 0.25) is 0 Å². The smallest absolute Gasteiger partial charge is 0.410 e. The number of carbonyl (C=O) groups is 1. The molecule has 0 N–H and O–H groups in total. The van der Waals surface area contributed by atoms with Gasteiger partial charge in [0.25, 0.3) is 0 Å². The molecule has 0 radical (unpaired) electrons. The van der Waals surface area contributed by atoms with E-state index in [1.165, 1.54) is 17.7 Å². The third-order valence-corrected chi connectivity index (χ3v) is 4.48. The molecule has 6 heteroatoms. The van der Waals surface area contributed by atoms with Crippen LogP contribution in [0, 0.1) is 5.82 Å². The predicted octanol–water partition coefficient (Wildman–Crippen LogP) is 4.71. The first-order valence-corrected chi connectivity index (χ1v) is 9.30. The van der Waals surface area contributed by atoms with Crippen molar-refractivity contribution in [2.24, 2.45) is 0 Å². The van der Waals surface area contributed by atoms with E-state index in [0.29, 0.717) is 30.2 Å². The van der Waals surface area contributed by atoms with Crippen molar-refractivity contribution in [2.45, 2.75) is 45.9 Å². The summed E-state index contributed by atoms with van der Waals surface area (Å²) in [6.45, 7) is 6.86. The number of rotatable bonds is 4. The van der Waals surface area contributed by atoms with Crippen LogP contribution in [0.25, 0.3) is 0 Å². The SMILES string of the molecule is COc1ccc(F)cc1COc1ccc2c(c1)CN(C(=O)OC(C)(C)C)CC2. The van der Waals surface area contributed by atoms with E-state index >= 15 is 0 Å². The summed E-state index contributed by atoms with van der Waals surface area (Å²) in [4.78, 5) is 14.0. The van der Waals surface area contributed by atoms with Crippen LogP contribution in [0.5, 0.6) is 11.5 Å². The maximum Gasteiger partial charge on any atom is 0.410 e. The first-order valence-electron chi connectivity index (χ1n) is 9.30. The standard InChI is InChI=1S/C22H26FNO4/c1-22(2,3)28-21(25)24-10-9-15-5-7-19(12-16(15)13-24)27-14-17-11-18(23)6-8-20(17)26-4/h5-8,11-12H,9-10,13-14H2,1-4H3. The molecule has 0 bridgehead atoms. The molecule has 0 fully saturated rings. The Kier molecular flexibility index (Phi) is 5.77. The summed E-state index contributed by atoms with van der Waals surface area (Å²) in [5.41, 5.74) is 2.33. The van der Waals surface area contributed by atoms with Gasteiger partial charge in [-0.15, -0.1) is 0 Å². The average Bonchev–Trinajstić information content (AvgIpc) is 2.64. The summed E-state index contributed by atoms with van der Waals surface area (Å²) >= 11 is 0. The molecule has 0 saturated heterocycles. The van der Waals surface area contributed by atoms with Crippen LogP contribution in [0.15, 0.2) is 36.4 Å². The highest BCUT2D eigenvalue weighted by Gasteiger charge is 2.25. The van der Waals surface area contributed by atoms with Crippen LogP contribution in [0.3, 0.4) is 0 Å². The van der Waals surface area contributed by atoms with Gasteiger partial charge in [-0.3, -0.25) is 0 Å². The van der Waals surface area contributed by atoms with E-state index in [1.54, 1.807) is 18.1 Å². The minimum atomic E-state index is -0.521. The number of nitrogens with zero attached hydrogens (tertiary/aromatic N) is 1. The van der Waals surface area contributed by atoms with Crippen LogP contribution in [0.4, 0.5) is 9.18 Å². The third-order valence-electron chi connectivity index (χ3n) is 4.48. The highest BCUT2D eigenvalue weighted by atomic mass is 19.1. The zero-order valence-electron chi connectivity index (χ0n) is 16.8. The Morgan fingerprint density at radius 2 is 1.93 bits per heavy atom. The first-order chi connectivity index (χ1) is 13.2. The van der Waals surface area contributed by atoms with Gasteiger partial charge in [-0.2, -0.15) is 0 Å². The molecule has 0 unspecified atom stereocenters. The van der Waals surface area contributed by atoms with Crippen LogP contribution in [0.1, 0.15) is 37.5 Å². The van der Waals surface area contributed by atoms with Gasteiger partial charge < -0.3 is 19.1 Å². The number of hydrogen-bond donors (Lipinski definition) is 0. The van der Waals surface area contributed by atoms with Crippen molar-refractivity contribution in [1.29, 1.82) is 0 Å². The average molecular weight is 387 g/mol. The maximum atomic E-state index is 13.5. The van der Waals surface area contributed by atoms with Crippen molar-refractivity contribution < 1.29 is 23.4 Å². The van der Waals surface area contributed by atoms with Gasteiger partial charge in [0.1, 0.15) is 29.5 Å². The topological polar surface area (TPSA) is 48.0 Å². The lowest BCUT2D eigenvalue weighted by Gasteiger charge is -2.31. The van der Waals surface area contributed by atoms with Crippen molar-refractivity contribution in [3.8, 4) is 11.5 Å². The Morgan fingerprint density at radius 3 is 2.64 bits per heavy atom. The molecule has 1 aliphatic heterocycles. The van der Waals surface area contributed by atoms with E-state index in [0.717, 1.165) is 12.0 Å². The number of methoxy groups -OCH3 is 1. The molecule has 5 nitrogen and oxygen atoms in total. The first kappa shape index (κ1) is 20.0. The molecule has 1 amide bonds. The minimum Gasteiger partial charge on any atom is -0.496 e. The molecule has 1 heterocycles. The minimum absolute atomic E-state index is 0.190. The van der Waals surface area contributed by atoms with Gasteiger partial charge in [-0.25, -0.2) is 9.18 Å². The van der Waals surface area contributed by atoms with E-state index in [9.17, 15) is 9.18 Å². The molecule has 150 valence electrons.